The van der Waals surface area contributed by atoms with Crippen LogP contribution in [0.4, 0.5) is 0 Å². The highest BCUT2D eigenvalue weighted by atomic mass is 32.3. The molecule has 0 saturated carbocycles. The van der Waals surface area contributed by atoms with Gasteiger partial charge in [0.2, 0.25) is 0 Å². The lowest BCUT2D eigenvalue weighted by molar-refractivity contribution is -0.139. The predicted molar refractivity (Wildman–Crippen MR) is 55.8 cm³/mol. The van der Waals surface area contributed by atoms with Gasteiger partial charge in [-0.1, -0.05) is 13.0 Å². The lowest BCUT2D eigenvalue weighted by Crippen LogP contribution is -1.97. The van der Waals surface area contributed by atoms with Gasteiger partial charge in [0.15, 0.2) is 0 Å². The third-order valence-corrected chi connectivity index (χ3v) is 0.848. The molecule has 0 spiro atoms. The Balaban J connectivity index is -0.0000000536. The molecule has 20 heteroatoms. The standard InChI is InChI=1S/2H3N.3H2O5S/c;;3*1-5-6(2,3)4/h2*1H3;3*1H,(H,2,3,4). The highest BCUT2D eigenvalue weighted by molar-refractivity contribution is 7.81. The summed E-state index contributed by atoms with van der Waals surface area (Å²) < 4.78 is 83.9. The summed E-state index contributed by atoms with van der Waals surface area (Å²) in [6.45, 7) is 0. The fourth-order valence-electron chi connectivity index (χ4n) is 0. The van der Waals surface area contributed by atoms with Crippen molar-refractivity contribution in [2.75, 3.05) is 0 Å². The molecule has 0 aromatic carbocycles. The van der Waals surface area contributed by atoms with Gasteiger partial charge >= 0.3 is 31.2 Å². The lowest BCUT2D eigenvalue weighted by Gasteiger charge is -1.79. The van der Waals surface area contributed by atoms with E-state index < -0.39 is 31.2 Å². The molecule has 130 valence electrons. The van der Waals surface area contributed by atoms with Crippen LogP contribution >= 0.6 is 0 Å². The van der Waals surface area contributed by atoms with Gasteiger partial charge in [-0.05, 0) is 0 Å². The van der Waals surface area contributed by atoms with Gasteiger partial charge in [0.1, 0.15) is 0 Å². The van der Waals surface area contributed by atoms with E-state index in [1.54, 1.807) is 0 Å². The van der Waals surface area contributed by atoms with E-state index in [4.69, 9.17) is 54.7 Å². The van der Waals surface area contributed by atoms with E-state index in [0.29, 0.717) is 0 Å². The van der Waals surface area contributed by atoms with E-state index in [1.807, 2.05) is 0 Å². The van der Waals surface area contributed by atoms with E-state index >= 15 is 0 Å². The minimum absolute atomic E-state index is 0. The predicted octanol–water partition coefficient (Wildman–Crippen LogP) is -1.84. The summed E-state index contributed by atoms with van der Waals surface area (Å²) in [4.78, 5) is 0. The van der Waals surface area contributed by atoms with Gasteiger partial charge in [0.25, 0.3) is 0 Å². The van der Waals surface area contributed by atoms with Gasteiger partial charge in [-0.25, -0.2) is 15.8 Å². The van der Waals surface area contributed by atoms with Gasteiger partial charge in [-0.2, -0.15) is 25.3 Å². The van der Waals surface area contributed by atoms with Crippen molar-refractivity contribution in [3.05, 3.63) is 0 Å². The van der Waals surface area contributed by atoms with Gasteiger partial charge in [-0.3, -0.25) is 13.7 Å². The molecular weight excluding hydrogens is 364 g/mol. The number of hydrogen-bond acceptors (Lipinski definition) is 14. The molecule has 0 aliphatic heterocycles. The minimum Gasteiger partial charge on any atom is -0.344 e. The fourth-order valence-corrected chi connectivity index (χ4v) is 0. The van der Waals surface area contributed by atoms with Gasteiger partial charge in [0.05, 0.1) is 0 Å². The maximum Gasteiger partial charge on any atom is 0.423 e. The Morgan fingerprint density at radius 2 is 0.550 bits per heavy atom. The molecule has 0 fully saturated rings. The second-order valence-electron chi connectivity index (χ2n) is 1.51. The largest absolute Gasteiger partial charge is 0.423 e. The second-order valence-corrected chi connectivity index (χ2v) is 4.52. The molecule has 0 bridgehead atoms. The van der Waals surface area contributed by atoms with Crippen molar-refractivity contribution in [1.29, 1.82) is 0 Å². The third kappa shape index (κ3) is 66.3. The zero-order valence-corrected chi connectivity index (χ0v) is 11.4. The molecule has 0 saturated heterocycles. The maximum absolute atomic E-state index is 9.08. The summed E-state index contributed by atoms with van der Waals surface area (Å²) in [5.41, 5.74) is 0. The van der Waals surface area contributed by atoms with E-state index in [9.17, 15) is 0 Å². The maximum atomic E-state index is 9.08. The third-order valence-electron chi connectivity index (χ3n) is 0.283. The highest BCUT2D eigenvalue weighted by Gasteiger charge is 1.98. The van der Waals surface area contributed by atoms with Crippen LogP contribution in [0.25, 0.3) is 0 Å². The van der Waals surface area contributed by atoms with Crippen molar-refractivity contribution < 1.29 is 67.7 Å². The van der Waals surface area contributed by atoms with Crippen LogP contribution in [-0.2, 0) is 44.2 Å². The molecule has 12 N–H and O–H groups in total. The first-order chi connectivity index (χ1) is 7.68. The average molecular weight is 376 g/mol. The van der Waals surface area contributed by atoms with E-state index in [0.717, 1.165) is 0 Å². The molecular formula is H12N2O15S3. The zero-order valence-electron chi connectivity index (χ0n) is 9.00. The quantitative estimate of drug-likeness (QED) is 0.152. The molecule has 0 unspecified atom stereocenters. The summed E-state index contributed by atoms with van der Waals surface area (Å²) in [6.07, 6.45) is 0. The van der Waals surface area contributed by atoms with Crippen molar-refractivity contribution in [2.24, 2.45) is 0 Å². The van der Waals surface area contributed by atoms with Crippen molar-refractivity contribution in [2.45, 2.75) is 0 Å². The van der Waals surface area contributed by atoms with Crippen LogP contribution < -0.4 is 12.3 Å². The smallest absolute Gasteiger partial charge is 0.344 e. The Labute approximate surface area is 112 Å². The fraction of sp³-hybridized carbons (Fsp3) is 0. The molecule has 0 aromatic heterocycles. The summed E-state index contributed by atoms with van der Waals surface area (Å²) in [5, 5.41) is 21.2. The van der Waals surface area contributed by atoms with Crippen LogP contribution in [0.15, 0.2) is 0 Å². The first-order valence-corrected chi connectivity index (χ1v) is 6.69. The van der Waals surface area contributed by atoms with Crippen LogP contribution in [0.5, 0.6) is 0 Å². The molecule has 0 heterocycles. The molecule has 0 aliphatic rings. The van der Waals surface area contributed by atoms with Crippen molar-refractivity contribution in [1.82, 2.24) is 12.3 Å². The van der Waals surface area contributed by atoms with Crippen LogP contribution in [0.2, 0.25) is 0 Å². The summed E-state index contributed by atoms with van der Waals surface area (Å²) in [7, 11) is -13.8. The van der Waals surface area contributed by atoms with Crippen molar-refractivity contribution in [3.63, 3.8) is 0 Å². The second kappa shape index (κ2) is 13.4. The number of hydrogen-bond donors (Lipinski definition) is 8. The van der Waals surface area contributed by atoms with Crippen LogP contribution in [0, 0.1) is 0 Å². The molecule has 20 heavy (non-hydrogen) atoms. The molecule has 0 radical (unpaired) electrons. The minimum atomic E-state index is -4.61. The molecule has 17 nitrogen and oxygen atoms in total. The first-order valence-electron chi connectivity index (χ1n) is 2.60. The SMILES string of the molecule is N.N.O=S(=O)(O)OO.O=S(=O)(O)OO.O=S(=O)(O)OO. The first kappa shape index (κ1) is 31.7. The van der Waals surface area contributed by atoms with Gasteiger partial charge in [0, 0.05) is 0 Å². The Morgan fingerprint density at radius 3 is 0.550 bits per heavy atom. The lowest BCUT2D eigenvalue weighted by atomic mass is 14.0. The molecule has 0 aromatic rings. The van der Waals surface area contributed by atoms with Crippen molar-refractivity contribution >= 4 is 31.2 Å². The van der Waals surface area contributed by atoms with Crippen LogP contribution in [0.3, 0.4) is 0 Å². The monoisotopic (exact) mass is 376 g/mol. The Morgan fingerprint density at radius 1 is 0.500 bits per heavy atom. The van der Waals surface area contributed by atoms with Crippen LogP contribution in [0.1, 0.15) is 0 Å². The Bertz CT molecular complexity index is 403. The molecule has 0 rings (SSSR count). The molecule has 0 atom stereocenters. The van der Waals surface area contributed by atoms with Crippen LogP contribution in [-0.4, -0.2) is 54.7 Å². The Kier molecular flexibility index (Phi) is 21.2. The molecule has 0 amide bonds. The van der Waals surface area contributed by atoms with E-state index in [-0.39, 0.29) is 12.3 Å². The normalized spacial score (nSPS) is 10.5. The topological polar surface area (TPSA) is 321 Å². The highest BCUT2D eigenvalue weighted by Crippen LogP contribution is 1.75. The zero-order chi connectivity index (χ0) is 15.6. The summed E-state index contributed by atoms with van der Waals surface area (Å²) in [5.74, 6) is 0. The number of rotatable bonds is 3. The van der Waals surface area contributed by atoms with Gasteiger partial charge in [-0.15, -0.1) is 0 Å². The average Bonchev–Trinajstić information content (AvgIpc) is 2.16. The molecule has 0 aliphatic carbocycles. The van der Waals surface area contributed by atoms with Crippen molar-refractivity contribution in [3.8, 4) is 0 Å². The van der Waals surface area contributed by atoms with Gasteiger partial charge < -0.3 is 12.3 Å². The van der Waals surface area contributed by atoms with E-state index in [1.165, 1.54) is 0 Å². The summed E-state index contributed by atoms with van der Waals surface area (Å²) >= 11 is 0. The Hall–Kier alpha value is -0.590. The van der Waals surface area contributed by atoms with E-state index in [2.05, 4.69) is 13.0 Å². The summed E-state index contributed by atoms with van der Waals surface area (Å²) in [6, 6.07) is 0.